The highest BCUT2D eigenvalue weighted by Crippen LogP contribution is 2.56. The van der Waals surface area contributed by atoms with E-state index in [2.05, 4.69) is 0 Å². The molecule has 1 aliphatic carbocycles. The Labute approximate surface area is 132 Å². The van der Waals surface area contributed by atoms with Crippen LogP contribution in [0.4, 0.5) is 43.9 Å². The fourth-order valence-corrected chi connectivity index (χ4v) is 2.61. The summed E-state index contributed by atoms with van der Waals surface area (Å²) in [6, 6.07) is 0.264. The van der Waals surface area contributed by atoms with Gasteiger partial charge >= 0.3 is 0 Å². The first-order valence-corrected chi connectivity index (χ1v) is 6.30. The Balaban J connectivity index is 2.53. The van der Waals surface area contributed by atoms with Crippen LogP contribution in [0.3, 0.4) is 0 Å². The fourth-order valence-electron chi connectivity index (χ4n) is 2.61. The van der Waals surface area contributed by atoms with Gasteiger partial charge in [-0.1, -0.05) is 0 Å². The minimum atomic E-state index is -4.59. The Kier molecular flexibility index (Phi) is 3.63. The molecule has 1 unspecified atom stereocenters. The minimum Gasteiger partial charge on any atom is -0.225 e. The van der Waals surface area contributed by atoms with E-state index in [1.165, 1.54) is 0 Å². The van der Waals surface area contributed by atoms with Crippen LogP contribution < -0.4 is 0 Å². The molecule has 0 heterocycles. The van der Waals surface area contributed by atoms with Crippen LogP contribution in [0.15, 0.2) is 18.0 Å². The van der Waals surface area contributed by atoms with Gasteiger partial charge in [-0.15, -0.1) is 0 Å². The van der Waals surface area contributed by atoms with Crippen LogP contribution >= 0.6 is 0 Å². The van der Waals surface area contributed by atoms with Crippen molar-refractivity contribution in [3.8, 4) is 0 Å². The molecule has 25 heavy (non-hydrogen) atoms. The average Bonchev–Trinajstić information content (AvgIpc) is 2.76. The summed E-state index contributed by atoms with van der Waals surface area (Å²) in [5.74, 6) is -22.0. The van der Waals surface area contributed by atoms with Gasteiger partial charge in [0, 0.05) is 0 Å². The number of hydrogen-bond acceptors (Lipinski definition) is 0. The van der Waals surface area contributed by atoms with E-state index < -0.39 is 74.7 Å². The van der Waals surface area contributed by atoms with Gasteiger partial charge in [0.25, 0.3) is 0 Å². The monoisotopic (exact) mass is 372 g/mol. The maximum atomic E-state index is 15.1. The topological polar surface area (TPSA) is 0 Å². The maximum absolute atomic E-state index is 15.1. The van der Waals surface area contributed by atoms with E-state index in [4.69, 9.17) is 0 Å². The highest BCUT2D eigenvalue weighted by atomic mass is 19.2. The molecule has 2 aromatic carbocycles. The van der Waals surface area contributed by atoms with Crippen molar-refractivity contribution >= 4 is 5.83 Å². The Morgan fingerprint density at radius 3 is 1.68 bits per heavy atom. The van der Waals surface area contributed by atoms with E-state index >= 15 is 4.39 Å². The Morgan fingerprint density at radius 2 is 1.08 bits per heavy atom. The number of halogens is 10. The molecule has 2 aromatic rings. The lowest BCUT2D eigenvalue weighted by Crippen LogP contribution is -2.27. The van der Waals surface area contributed by atoms with Crippen LogP contribution in [0.2, 0.25) is 0 Å². The van der Waals surface area contributed by atoms with Gasteiger partial charge in [-0.2, -0.15) is 0 Å². The molecule has 1 atom stereocenters. The maximum Gasteiger partial charge on any atom is 0.224 e. The number of benzene rings is 2. The average molecular weight is 372 g/mol. The van der Waals surface area contributed by atoms with Crippen LogP contribution in [-0.2, 0) is 5.67 Å². The number of alkyl halides is 1. The molecule has 0 spiro atoms. The van der Waals surface area contributed by atoms with E-state index in [-0.39, 0.29) is 12.1 Å². The molecule has 1 aliphatic rings. The Bertz CT molecular complexity index is 962. The van der Waals surface area contributed by atoms with Crippen LogP contribution in [0, 0.1) is 40.7 Å². The SMILES string of the molecule is FC1=C(F)C(F)(c2c(F)ccc(F)c2F)c2c(F)c(F)c(F)c(F)c21. The first kappa shape index (κ1) is 17.3. The quantitative estimate of drug-likeness (QED) is 0.353. The van der Waals surface area contributed by atoms with Crippen molar-refractivity contribution in [2.75, 3.05) is 0 Å². The third-order valence-corrected chi connectivity index (χ3v) is 3.71. The largest absolute Gasteiger partial charge is 0.225 e. The van der Waals surface area contributed by atoms with E-state index in [0.29, 0.717) is 0 Å². The van der Waals surface area contributed by atoms with Crippen molar-refractivity contribution in [3.63, 3.8) is 0 Å². The molecule has 0 saturated carbocycles. The van der Waals surface area contributed by atoms with Crippen LogP contribution in [0.1, 0.15) is 16.7 Å². The first-order chi connectivity index (χ1) is 11.5. The van der Waals surface area contributed by atoms with Crippen LogP contribution in [0.25, 0.3) is 5.83 Å². The summed E-state index contributed by atoms with van der Waals surface area (Å²) >= 11 is 0. The smallest absolute Gasteiger partial charge is 0.224 e. The second kappa shape index (κ2) is 5.24. The van der Waals surface area contributed by atoms with E-state index in [0.717, 1.165) is 0 Å². The summed E-state index contributed by atoms with van der Waals surface area (Å²) in [5.41, 5.74) is -11.0. The number of rotatable bonds is 1. The third-order valence-electron chi connectivity index (χ3n) is 3.71. The summed E-state index contributed by atoms with van der Waals surface area (Å²) in [4.78, 5) is 0. The predicted molar refractivity (Wildman–Crippen MR) is 63.6 cm³/mol. The molecule has 0 fully saturated rings. The Morgan fingerprint density at radius 1 is 0.560 bits per heavy atom. The Hall–Kier alpha value is -2.52. The van der Waals surface area contributed by atoms with Gasteiger partial charge in [-0.05, 0) is 12.1 Å². The van der Waals surface area contributed by atoms with Gasteiger partial charge < -0.3 is 0 Å². The van der Waals surface area contributed by atoms with Crippen molar-refractivity contribution in [1.29, 1.82) is 0 Å². The predicted octanol–water partition coefficient (Wildman–Crippen LogP) is 5.49. The van der Waals surface area contributed by atoms with Crippen LogP contribution in [0.5, 0.6) is 0 Å². The van der Waals surface area contributed by atoms with Gasteiger partial charge in [0.2, 0.25) is 5.67 Å². The highest BCUT2D eigenvalue weighted by molar-refractivity contribution is 5.77. The molecule has 0 bridgehead atoms. The lowest BCUT2D eigenvalue weighted by atomic mass is 9.87. The van der Waals surface area contributed by atoms with E-state index in [1.807, 2.05) is 0 Å². The number of hydrogen-bond donors (Lipinski definition) is 0. The standard InChI is InChI=1S/C15H2F10/c16-3-1-2-4(17)8(18)6(3)15(25)7-5(10(20)14(15)24)9(19)12(22)13(23)11(7)21/h1-2H. The van der Waals surface area contributed by atoms with Gasteiger partial charge in [-0.25, -0.2) is 43.9 Å². The zero-order valence-electron chi connectivity index (χ0n) is 11.4. The molecule has 132 valence electrons. The van der Waals surface area contributed by atoms with Gasteiger partial charge in [0.1, 0.15) is 5.82 Å². The lowest BCUT2D eigenvalue weighted by molar-refractivity contribution is 0.207. The van der Waals surface area contributed by atoms with Crippen molar-refractivity contribution in [2.24, 2.45) is 0 Å². The van der Waals surface area contributed by atoms with Crippen molar-refractivity contribution in [3.05, 3.63) is 75.4 Å². The molecule has 0 nitrogen and oxygen atoms in total. The van der Waals surface area contributed by atoms with Gasteiger partial charge in [0.15, 0.2) is 46.6 Å². The minimum absolute atomic E-state index is 0.104. The van der Waals surface area contributed by atoms with Crippen LogP contribution in [-0.4, -0.2) is 0 Å². The fraction of sp³-hybridized carbons (Fsp3) is 0.0667. The molecule has 0 aromatic heterocycles. The normalized spacial score (nSPS) is 19.6. The molecular weight excluding hydrogens is 370 g/mol. The lowest BCUT2D eigenvalue weighted by Gasteiger charge is -2.23. The first-order valence-electron chi connectivity index (χ1n) is 6.30. The summed E-state index contributed by atoms with van der Waals surface area (Å²) in [7, 11) is 0. The molecular formula is C15H2F10. The molecule has 0 N–H and O–H groups in total. The van der Waals surface area contributed by atoms with Gasteiger partial charge in [-0.3, -0.25) is 0 Å². The molecule has 10 heteroatoms. The summed E-state index contributed by atoms with van der Waals surface area (Å²) in [5, 5.41) is 0. The molecule has 0 radical (unpaired) electrons. The van der Waals surface area contributed by atoms with E-state index in [1.54, 1.807) is 0 Å². The number of allylic oxidation sites excluding steroid dienone is 1. The zero-order chi connectivity index (χ0) is 18.8. The van der Waals surface area contributed by atoms with Crippen molar-refractivity contribution < 1.29 is 43.9 Å². The summed E-state index contributed by atoms with van der Waals surface area (Å²) < 4.78 is 138. The second-order valence-electron chi connectivity index (χ2n) is 5.01. The molecule has 0 amide bonds. The van der Waals surface area contributed by atoms with Crippen molar-refractivity contribution in [2.45, 2.75) is 5.67 Å². The highest BCUT2D eigenvalue weighted by Gasteiger charge is 2.57. The molecule has 3 rings (SSSR count). The summed E-state index contributed by atoms with van der Waals surface area (Å²) in [6.45, 7) is 0. The summed E-state index contributed by atoms with van der Waals surface area (Å²) in [6.07, 6.45) is 0. The zero-order valence-corrected chi connectivity index (χ0v) is 11.4. The van der Waals surface area contributed by atoms with Crippen molar-refractivity contribution in [1.82, 2.24) is 0 Å². The molecule has 0 aliphatic heterocycles. The third kappa shape index (κ3) is 1.96. The second-order valence-corrected chi connectivity index (χ2v) is 5.01. The van der Waals surface area contributed by atoms with E-state index in [9.17, 15) is 39.5 Å². The number of fused-ring (bicyclic) bond motifs is 1. The molecule has 0 saturated heterocycles. The van der Waals surface area contributed by atoms with Gasteiger partial charge in [0.05, 0.1) is 16.7 Å².